The minimum atomic E-state index is -0.889. The molecular weight excluding hydrogens is 258 g/mol. The van der Waals surface area contributed by atoms with Crippen LogP contribution in [0.5, 0.6) is 0 Å². The molecule has 0 saturated heterocycles. The summed E-state index contributed by atoms with van der Waals surface area (Å²) in [7, 11) is 1.66. The maximum Gasteiger partial charge on any atom is 0.335 e. The lowest BCUT2D eigenvalue weighted by Gasteiger charge is -2.06. The van der Waals surface area contributed by atoms with Crippen molar-refractivity contribution in [2.45, 2.75) is 19.4 Å². The predicted molar refractivity (Wildman–Crippen MR) is 77.0 cm³/mol. The van der Waals surface area contributed by atoms with Crippen molar-refractivity contribution in [2.75, 3.05) is 33.5 Å². The second kappa shape index (κ2) is 10.4. The monoisotopic (exact) mass is 281 g/mol. The number of rotatable bonds is 11. The topological polar surface area (TPSA) is 67.8 Å². The highest BCUT2D eigenvalue weighted by Gasteiger charge is 2.02. The molecule has 20 heavy (non-hydrogen) atoms. The first kappa shape index (κ1) is 16.6. The maximum atomic E-state index is 10.8. The first-order valence-electron chi connectivity index (χ1n) is 6.83. The van der Waals surface area contributed by atoms with Gasteiger partial charge in [-0.15, -0.1) is 0 Å². The van der Waals surface area contributed by atoms with Gasteiger partial charge in [-0.1, -0.05) is 12.1 Å². The van der Waals surface area contributed by atoms with Crippen LogP contribution in [0.3, 0.4) is 0 Å². The third kappa shape index (κ3) is 7.23. The van der Waals surface area contributed by atoms with Crippen LogP contribution in [-0.2, 0) is 16.0 Å². The van der Waals surface area contributed by atoms with E-state index in [1.807, 2.05) is 6.07 Å². The van der Waals surface area contributed by atoms with Gasteiger partial charge in [0.1, 0.15) is 0 Å². The zero-order chi connectivity index (χ0) is 14.6. The van der Waals surface area contributed by atoms with E-state index in [4.69, 9.17) is 14.6 Å². The average Bonchev–Trinajstić information content (AvgIpc) is 2.46. The Morgan fingerprint density at radius 3 is 2.85 bits per heavy atom. The Morgan fingerprint density at radius 2 is 2.10 bits per heavy atom. The maximum absolute atomic E-state index is 10.8. The molecule has 0 aromatic heterocycles. The van der Waals surface area contributed by atoms with E-state index in [2.05, 4.69) is 5.32 Å². The summed E-state index contributed by atoms with van der Waals surface area (Å²) in [4.78, 5) is 10.8. The van der Waals surface area contributed by atoms with Gasteiger partial charge in [0.2, 0.25) is 0 Å². The SMILES string of the molecule is COCCOCCCCNCc1cccc(C(=O)O)c1. The van der Waals surface area contributed by atoms with Gasteiger partial charge in [-0.3, -0.25) is 0 Å². The van der Waals surface area contributed by atoms with Gasteiger partial charge in [-0.2, -0.15) is 0 Å². The number of hydrogen-bond acceptors (Lipinski definition) is 4. The van der Waals surface area contributed by atoms with Crippen molar-refractivity contribution >= 4 is 5.97 Å². The Bertz CT molecular complexity index is 395. The summed E-state index contributed by atoms with van der Waals surface area (Å²) in [6.07, 6.45) is 2.04. The number of ether oxygens (including phenoxy) is 2. The second-order valence-corrected chi connectivity index (χ2v) is 4.49. The van der Waals surface area contributed by atoms with Crippen LogP contribution in [-0.4, -0.2) is 44.6 Å². The first-order valence-corrected chi connectivity index (χ1v) is 6.83. The molecule has 0 aliphatic heterocycles. The average molecular weight is 281 g/mol. The van der Waals surface area contributed by atoms with Gasteiger partial charge in [-0.05, 0) is 37.1 Å². The quantitative estimate of drug-likeness (QED) is 0.607. The number of carboxylic acid groups (broad SMARTS) is 1. The van der Waals surface area contributed by atoms with E-state index in [0.717, 1.165) is 31.6 Å². The van der Waals surface area contributed by atoms with E-state index < -0.39 is 5.97 Å². The van der Waals surface area contributed by atoms with E-state index in [9.17, 15) is 4.79 Å². The molecule has 0 radical (unpaired) electrons. The molecule has 0 unspecified atom stereocenters. The molecule has 0 heterocycles. The van der Waals surface area contributed by atoms with Crippen LogP contribution < -0.4 is 5.32 Å². The summed E-state index contributed by atoms with van der Waals surface area (Å²) in [6, 6.07) is 6.99. The molecule has 0 saturated carbocycles. The van der Waals surface area contributed by atoms with Gasteiger partial charge >= 0.3 is 5.97 Å². The van der Waals surface area contributed by atoms with Crippen molar-refractivity contribution in [1.29, 1.82) is 0 Å². The molecule has 1 aromatic rings. The Kier molecular flexibility index (Phi) is 8.62. The molecule has 0 aliphatic rings. The molecule has 0 fully saturated rings. The number of carbonyl (C=O) groups is 1. The minimum absolute atomic E-state index is 0.329. The summed E-state index contributed by atoms with van der Waals surface area (Å²) in [5, 5.41) is 12.2. The van der Waals surface area contributed by atoms with Gasteiger partial charge in [0.25, 0.3) is 0 Å². The molecule has 112 valence electrons. The molecular formula is C15H23NO4. The van der Waals surface area contributed by atoms with Gasteiger partial charge in [-0.25, -0.2) is 4.79 Å². The summed E-state index contributed by atoms with van der Waals surface area (Å²) in [6.45, 7) is 3.61. The Labute approximate surface area is 119 Å². The number of aromatic carboxylic acids is 1. The van der Waals surface area contributed by atoms with Crippen molar-refractivity contribution < 1.29 is 19.4 Å². The summed E-state index contributed by atoms with van der Waals surface area (Å²) >= 11 is 0. The zero-order valence-electron chi connectivity index (χ0n) is 11.9. The molecule has 0 bridgehead atoms. The van der Waals surface area contributed by atoms with Gasteiger partial charge in [0.15, 0.2) is 0 Å². The summed E-state index contributed by atoms with van der Waals surface area (Å²) in [5.74, 6) is -0.889. The standard InChI is InChI=1S/C15H23NO4/c1-19-9-10-20-8-3-2-7-16-12-13-5-4-6-14(11-13)15(17)18/h4-6,11,16H,2-3,7-10,12H2,1H3,(H,17,18). The number of carboxylic acids is 1. The van der Waals surface area contributed by atoms with Crippen LogP contribution >= 0.6 is 0 Å². The second-order valence-electron chi connectivity index (χ2n) is 4.49. The Hall–Kier alpha value is -1.43. The molecule has 1 rings (SSSR count). The first-order chi connectivity index (χ1) is 9.74. The normalized spacial score (nSPS) is 10.7. The Morgan fingerprint density at radius 1 is 1.25 bits per heavy atom. The molecule has 5 heteroatoms. The van der Waals surface area contributed by atoms with E-state index in [1.54, 1.807) is 25.3 Å². The Balaban J connectivity index is 2.06. The van der Waals surface area contributed by atoms with Crippen molar-refractivity contribution in [1.82, 2.24) is 5.32 Å². The van der Waals surface area contributed by atoms with E-state index in [1.165, 1.54) is 0 Å². The zero-order valence-corrected chi connectivity index (χ0v) is 11.9. The lowest BCUT2D eigenvalue weighted by molar-refractivity contribution is 0.0688. The molecule has 0 spiro atoms. The highest BCUT2D eigenvalue weighted by atomic mass is 16.5. The third-order valence-electron chi connectivity index (χ3n) is 2.83. The van der Waals surface area contributed by atoms with Gasteiger partial charge < -0.3 is 19.9 Å². The van der Waals surface area contributed by atoms with Crippen LogP contribution in [0.1, 0.15) is 28.8 Å². The fourth-order valence-electron chi connectivity index (χ4n) is 1.75. The van der Waals surface area contributed by atoms with E-state index >= 15 is 0 Å². The fourth-order valence-corrected chi connectivity index (χ4v) is 1.75. The number of unbranched alkanes of at least 4 members (excludes halogenated alkanes) is 1. The third-order valence-corrected chi connectivity index (χ3v) is 2.83. The summed E-state index contributed by atoms with van der Waals surface area (Å²) in [5.41, 5.74) is 1.32. The van der Waals surface area contributed by atoms with Crippen LogP contribution in [0.25, 0.3) is 0 Å². The molecule has 1 aromatic carbocycles. The molecule has 0 amide bonds. The summed E-state index contributed by atoms with van der Waals surface area (Å²) < 4.78 is 10.2. The smallest absolute Gasteiger partial charge is 0.335 e. The van der Waals surface area contributed by atoms with E-state index in [0.29, 0.717) is 25.3 Å². The predicted octanol–water partition coefficient (Wildman–Crippen LogP) is 1.92. The van der Waals surface area contributed by atoms with Crippen molar-refractivity contribution in [2.24, 2.45) is 0 Å². The van der Waals surface area contributed by atoms with Crippen molar-refractivity contribution in [3.8, 4) is 0 Å². The van der Waals surface area contributed by atoms with Gasteiger partial charge in [0.05, 0.1) is 18.8 Å². The molecule has 0 aliphatic carbocycles. The van der Waals surface area contributed by atoms with Crippen LogP contribution in [0.15, 0.2) is 24.3 Å². The largest absolute Gasteiger partial charge is 0.478 e. The fraction of sp³-hybridized carbons (Fsp3) is 0.533. The highest BCUT2D eigenvalue weighted by molar-refractivity contribution is 5.87. The minimum Gasteiger partial charge on any atom is -0.478 e. The number of methoxy groups -OCH3 is 1. The lowest BCUT2D eigenvalue weighted by atomic mass is 10.1. The molecule has 5 nitrogen and oxygen atoms in total. The van der Waals surface area contributed by atoms with Crippen LogP contribution in [0, 0.1) is 0 Å². The van der Waals surface area contributed by atoms with Crippen molar-refractivity contribution in [3.63, 3.8) is 0 Å². The van der Waals surface area contributed by atoms with E-state index in [-0.39, 0.29) is 0 Å². The highest BCUT2D eigenvalue weighted by Crippen LogP contribution is 2.05. The van der Waals surface area contributed by atoms with Crippen LogP contribution in [0.4, 0.5) is 0 Å². The van der Waals surface area contributed by atoms with Crippen LogP contribution in [0.2, 0.25) is 0 Å². The van der Waals surface area contributed by atoms with Crippen molar-refractivity contribution in [3.05, 3.63) is 35.4 Å². The molecule has 2 N–H and O–H groups in total. The number of benzene rings is 1. The number of hydrogen-bond donors (Lipinski definition) is 2. The molecule has 0 atom stereocenters. The lowest BCUT2D eigenvalue weighted by Crippen LogP contribution is -2.15. The van der Waals surface area contributed by atoms with Gasteiger partial charge in [0, 0.05) is 20.3 Å². The number of nitrogens with one attached hydrogen (secondary N) is 1.